The highest BCUT2D eigenvalue weighted by Gasteiger charge is 2.15. The summed E-state index contributed by atoms with van der Waals surface area (Å²) in [5, 5.41) is 12.0. The van der Waals surface area contributed by atoms with Crippen LogP contribution in [0, 0.1) is 5.82 Å². The van der Waals surface area contributed by atoms with E-state index in [1.54, 1.807) is 12.4 Å². The second-order valence-corrected chi connectivity index (χ2v) is 4.03. The molecule has 0 bridgehead atoms. The maximum atomic E-state index is 13.4. The number of halogens is 1. The molecule has 0 saturated heterocycles. The Balaban J connectivity index is 1.84. The molecule has 3 N–H and O–H groups in total. The van der Waals surface area contributed by atoms with Gasteiger partial charge in [0.15, 0.2) is 0 Å². The van der Waals surface area contributed by atoms with Gasteiger partial charge in [0.2, 0.25) is 0 Å². The Hall–Kier alpha value is -2.37. The number of aryl methyl sites for hydroxylation is 1. The number of H-pyrrole nitrogens is 1. The summed E-state index contributed by atoms with van der Waals surface area (Å²) in [6, 6.07) is 3.76. The fraction of sp³-hybridized carbons (Fsp3) is 0.231. The normalized spacial score (nSPS) is 10.4. The minimum Gasteiger partial charge on any atom is -0.507 e. The van der Waals surface area contributed by atoms with E-state index in [2.05, 4.69) is 15.3 Å². The number of phenolic OH excluding ortho intramolecular Hbond substituents is 1. The Bertz CT molecular complexity index is 535. The van der Waals surface area contributed by atoms with E-state index in [-0.39, 0.29) is 11.3 Å². The average Bonchev–Trinajstić information content (AvgIpc) is 2.87. The van der Waals surface area contributed by atoms with Crippen LogP contribution < -0.4 is 5.32 Å². The van der Waals surface area contributed by atoms with Crippen molar-refractivity contribution in [1.82, 2.24) is 15.3 Å². The molecular weight excluding hydrogens is 249 g/mol. The number of carbonyl (C=O) groups excluding carboxylic acids is 1. The topological polar surface area (TPSA) is 78.0 Å². The van der Waals surface area contributed by atoms with Crippen LogP contribution in [0.1, 0.15) is 22.6 Å². The first-order valence-corrected chi connectivity index (χ1v) is 5.92. The number of aromatic amines is 1. The van der Waals surface area contributed by atoms with Crippen LogP contribution >= 0.6 is 0 Å². The van der Waals surface area contributed by atoms with E-state index >= 15 is 0 Å². The molecule has 0 fully saturated rings. The molecule has 0 aliphatic carbocycles. The summed E-state index contributed by atoms with van der Waals surface area (Å²) in [5.74, 6) is -0.870. The van der Waals surface area contributed by atoms with Crippen LogP contribution in [0.25, 0.3) is 0 Å². The van der Waals surface area contributed by atoms with Crippen molar-refractivity contribution < 1.29 is 14.3 Å². The third-order valence-electron chi connectivity index (χ3n) is 2.65. The quantitative estimate of drug-likeness (QED) is 0.717. The molecule has 1 heterocycles. The van der Waals surface area contributed by atoms with Crippen LogP contribution in [0.5, 0.6) is 5.75 Å². The molecule has 100 valence electrons. The molecule has 19 heavy (non-hydrogen) atoms. The predicted octanol–water partition coefficient (Wildman–Crippen LogP) is 1.62. The Morgan fingerprint density at radius 3 is 3.00 bits per heavy atom. The molecule has 1 aromatic heterocycles. The molecule has 0 aliphatic rings. The van der Waals surface area contributed by atoms with Gasteiger partial charge in [0.1, 0.15) is 23.0 Å². The number of aromatic nitrogens is 2. The molecule has 2 aromatic rings. The number of carbonyl (C=O) groups is 1. The van der Waals surface area contributed by atoms with Crippen molar-refractivity contribution in [1.29, 1.82) is 0 Å². The maximum absolute atomic E-state index is 13.4. The summed E-state index contributed by atoms with van der Waals surface area (Å²) in [6.07, 6.45) is 4.75. The second-order valence-electron chi connectivity index (χ2n) is 4.03. The number of hydrogen-bond donors (Lipinski definition) is 3. The first kappa shape index (κ1) is 13.1. The molecule has 0 aliphatic heterocycles. The average molecular weight is 263 g/mol. The lowest BCUT2D eigenvalue weighted by Crippen LogP contribution is -2.25. The van der Waals surface area contributed by atoms with Crippen LogP contribution in [0.4, 0.5) is 4.39 Å². The lowest BCUT2D eigenvalue weighted by Gasteiger charge is -2.07. The van der Waals surface area contributed by atoms with Gasteiger partial charge < -0.3 is 15.4 Å². The summed E-state index contributed by atoms with van der Waals surface area (Å²) in [5.41, 5.74) is -0.319. The number of benzene rings is 1. The molecule has 6 heteroatoms. The summed E-state index contributed by atoms with van der Waals surface area (Å²) < 4.78 is 13.4. The number of hydrogen-bond acceptors (Lipinski definition) is 3. The van der Waals surface area contributed by atoms with Gasteiger partial charge in [-0.1, -0.05) is 6.07 Å². The van der Waals surface area contributed by atoms with E-state index in [9.17, 15) is 14.3 Å². The van der Waals surface area contributed by atoms with Gasteiger partial charge >= 0.3 is 0 Å². The number of amides is 1. The number of nitrogens with one attached hydrogen (secondary N) is 2. The van der Waals surface area contributed by atoms with Gasteiger partial charge in [0, 0.05) is 25.4 Å². The van der Waals surface area contributed by atoms with Crippen LogP contribution in [-0.2, 0) is 6.42 Å². The number of imidazole rings is 1. The zero-order valence-corrected chi connectivity index (χ0v) is 10.2. The van der Waals surface area contributed by atoms with Crippen molar-refractivity contribution in [2.75, 3.05) is 6.54 Å². The van der Waals surface area contributed by atoms with Crippen LogP contribution in [0.2, 0.25) is 0 Å². The van der Waals surface area contributed by atoms with Gasteiger partial charge in [-0.3, -0.25) is 4.79 Å². The molecular formula is C13H14FN3O2. The van der Waals surface area contributed by atoms with E-state index in [1.165, 1.54) is 12.1 Å². The first-order chi connectivity index (χ1) is 9.18. The van der Waals surface area contributed by atoms with Crippen LogP contribution in [0.15, 0.2) is 30.6 Å². The summed E-state index contributed by atoms with van der Waals surface area (Å²) in [4.78, 5) is 18.7. The lowest BCUT2D eigenvalue weighted by atomic mass is 10.1. The smallest absolute Gasteiger partial charge is 0.258 e. The number of phenols is 1. The van der Waals surface area contributed by atoms with E-state index < -0.39 is 11.7 Å². The number of aromatic hydroxyl groups is 1. The molecule has 1 aromatic carbocycles. The van der Waals surface area contributed by atoms with Gasteiger partial charge in [-0.05, 0) is 18.6 Å². The molecule has 0 spiro atoms. The van der Waals surface area contributed by atoms with Gasteiger partial charge in [0.25, 0.3) is 5.91 Å². The highest BCUT2D eigenvalue weighted by molar-refractivity contribution is 5.97. The minimum absolute atomic E-state index is 0.319. The molecule has 0 radical (unpaired) electrons. The van der Waals surface area contributed by atoms with Gasteiger partial charge in [-0.15, -0.1) is 0 Å². The zero-order valence-electron chi connectivity index (χ0n) is 10.2. The Labute approximate surface area is 109 Å². The number of nitrogens with zero attached hydrogens (tertiary/aromatic N) is 1. The SMILES string of the molecule is O=C(NCCCc1ncc[nH]1)c1c(O)cccc1F. The third kappa shape index (κ3) is 3.31. The summed E-state index contributed by atoms with van der Waals surface area (Å²) in [7, 11) is 0. The highest BCUT2D eigenvalue weighted by Crippen LogP contribution is 2.19. The minimum atomic E-state index is -0.733. The largest absolute Gasteiger partial charge is 0.507 e. The monoisotopic (exact) mass is 263 g/mol. The van der Waals surface area contributed by atoms with Crippen LogP contribution in [0.3, 0.4) is 0 Å². The standard InChI is InChI=1S/C13H14FN3O2/c14-9-3-1-4-10(18)12(9)13(19)17-6-2-5-11-15-7-8-16-11/h1,3-4,7-8,18H,2,5-6H2,(H,15,16)(H,17,19). The molecule has 0 unspecified atom stereocenters. The third-order valence-corrected chi connectivity index (χ3v) is 2.65. The van der Waals surface area contributed by atoms with E-state index in [1.807, 2.05) is 0 Å². The van der Waals surface area contributed by atoms with Gasteiger partial charge in [0.05, 0.1) is 0 Å². The van der Waals surface area contributed by atoms with Crippen molar-refractivity contribution in [3.05, 3.63) is 47.8 Å². The Morgan fingerprint density at radius 1 is 1.47 bits per heavy atom. The van der Waals surface area contributed by atoms with E-state index in [4.69, 9.17) is 0 Å². The predicted molar refractivity (Wildman–Crippen MR) is 67.3 cm³/mol. The lowest BCUT2D eigenvalue weighted by molar-refractivity contribution is 0.0946. The van der Waals surface area contributed by atoms with Gasteiger partial charge in [-0.25, -0.2) is 9.37 Å². The molecule has 2 rings (SSSR count). The molecule has 1 amide bonds. The van der Waals surface area contributed by atoms with Gasteiger partial charge in [-0.2, -0.15) is 0 Å². The Morgan fingerprint density at radius 2 is 2.32 bits per heavy atom. The summed E-state index contributed by atoms with van der Waals surface area (Å²) in [6.45, 7) is 0.382. The van der Waals surface area contributed by atoms with Crippen molar-refractivity contribution in [3.63, 3.8) is 0 Å². The second kappa shape index (κ2) is 5.99. The molecule has 0 atom stereocenters. The first-order valence-electron chi connectivity index (χ1n) is 5.92. The molecule has 5 nitrogen and oxygen atoms in total. The van der Waals surface area contributed by atoms with Crippen molar-refractivity contribution in [2.45, 2.75) is 12.8 Å². The highest BCUT2D eigenvalue weighted by atomic mass is 19.1. The Kier molecular flexibility index (Phi) is 4.12. The van der Waals surface area contributed by atoms with Crippen molar-refractivity contribution in [3.8, 4) is 5.75 Å². The number of rotatable bonds is 5. The summed E-state index contributed by atoms with van der Waals surface area (Å²) >= 11 is 0. The van der Waals surface area contributed by atoms with Crippen molar-refractivity contribution in [2.24, 2.45) is 0 Å². The fourth-order valence-electron chi connectivity index (χ4n) is 1.72. The van der Waals surface area contributed by atoms with Crippen molar-refractivity contribution >= 4 is 5.91 Å². The van der Waals surface area contributed by atoms with Crippen LogP contribution in [-0.4, -0.2) is 27.5 Å². The van der Waals surface area contributed by atoms with E-state index in [0.29, 0.717) is 19.4 Å². The maximum Gasteiger partial charge on any atom is 0.258 e. The molecule has 0 saturated carbocycles. The zero-order chi connectivity index (χ0) is 13.7. The van der Waals surface area contributed by atoms with E-state index in [0.717, 1.165) is 11.9 Å². The fourth-order valence-corrected chi connectivity index (χ4v) is 1.72.